The second kappa shape index (κ2) is 65.4. The zero-order chi connectivity index (χ0) is 87.3. The van der Waals surface area contributed by atoms with Gasteiger partial charge in [0.15, 0.2) is 17.3 Å². The van der Waals surface area contributed by atoms with Gasteiger partial charge in [0.25, 0.3) is 0 Å². The molecule has 2 aliphatic heterocycles. The molecule has 0 bridgehead atoms. The number of Topliss-reactive ketones (excluding diaryl/α,β-unsaturated/α-hetero) is 5. The number of carbonyl (C=O) groups is 16. The summed E-state index contributed by atoms with van der Waals surface area (Å²) in [6.07, 6.45) is 11.4. The number of nitrogens with two attached hydrogens (primary N) is 2. The van der Waals surface area contributed by atoms with Crippen LogP contribution >= 0.6 is 130 Å². The number of rotatable bonds is 58. The molecule has 0 aromatic heterocycles. The van der Waals surface area contributed by atoms with Gasteiger partial charge in [-0.15, -0.1) is 0 Å². The van der Waals surface area contributed by atoms with Crippen LogP contribution in [-0.4, -0.2) is 259 Å². The standard InChI is InChI=1S/C30H50N2O6S4.C21H36N2O7S4.C13H22N2O5S2.C9H18N2O3S2/c1-20(2)27(34)13-7-6-10-24(42-41-19-22(4)28(35)31-15-8-11-25(31)23(5)33)14-17-39-40-18-21(3)29(36)32-16-9-12-26(32)30(37)38;1-13(2)19(26)8-6-5-7-16(34-33-12-18(21(29)30)23-15(4)25)9-10-31-32-11-17(20(27)28)22-14(3)24;1-7(2)12(18)10(14-8(3)16)5-21-22-6-11(13(19)20)15-9(4)17;1-5(2)8(12)6(10)3-15-16-4-7(11)9(13)14/h20-22,24-26H,6-19H2,1-5H3,(H,37,38);13,16-18H,5-12H2,1-4H3,(H,22,24)(H,23,25)(H,27,28)(H,29,30);7,10-11H,5-6H2,1-4H3,(H,14,16)(H,15,17)(H,19,20);5-7H,3-4,10-11H2,1-2H3,(H,13,14). The van der Waals surface area contributed by atoms with E-state index in [0.29, 0.717) is 72.1 Å². The predicted octanol–water partition coefficient (Wildman–Crippen LogP) is 10.7. The van der Waals surface area contributed by atoms with E-state index in [4.69, 9.17) is 26.8 Å². The zero-order valence-corrected chi connectivity index (χ0v) is 78.1. The smallest absolute Gasteiger partial charge is 0.327 e. The Balaban J connectivity index is 0. The monoisotopic (exact) mass is 1830 g/mol. The summed E-state index contributed by atoms with van der Waals surface area (Å²) in [5.74, 6) is -1.80. The molecule has 12 atom stereocenters. The van der Waals surface area contributed by atoms with Gasteiger partial charge >= 0.3 is 29.8 Å². The van der Waals surface area contributed by atoms with E-state index in [0.717, 1.165) is 82.1 Å². The van der Waals surface area contributed by atoms with E-state index in [-0.39, 0.29) is 111 Å². The van der Waals surface area contributed by atoms with Crippen molar-refractivity contribution in [2.75, 3.05) is 70.6 Å². The van der Waals surface area contributed by atoms with Crippen molar-refractivity contribution in [1.29, 1.82) is 0 Å². The molecule has 41 heteroatoms. The molecular weight excluding hydrogens is 1710 g/mol. The average Bonchev–Trinajstić information content (AvgIpc) is 1.70. The molecule has 0 radical (unpaired) electrons. The highest BCUT2D eigenvalue weighted by Gasteiger charge is 2.37. The van der Waals surface area contributed by atoms with Crippen LogP contribution in [0.25, 0.3) is 0 Å². The van der Waals surface area contributed by atoms with Crippen LogP contribution in [0.3, 0.4) is 0 Å². The third kappa shape index (κ3) is 54.0. The minimum atomic E-state index is -1.11. The molecule has 29 nitrogen and oxygen atoms in total. The first-order valence-electron chi connectivity index (χ1n) is 37.9. The van der Waals surface area contributed by atoms with Gasteiger partial charge in [-0.2, -0.15) is 0 Å². The molecule has 114 heavy (non-hydrogen) atoms. The van der Waals surface area contributed by atoms with Crippen LogP contribution < -0.4 is 32.7 Å². The van der Waals surface area contributed by atoms with E-state index >= 15 is 0 Å². The molecular formula is C73H126N8O21S12. The lowest BCUT2D eigenvalue weighted by Gasteiger charge is -2.26. The van der Waals surface area contributed by atoms with Crippen molar-refractivity contribution in [1.82, 2.24) is 31.1 Å². The van der Waals surface area contributed by atoms with Crippen molar-refractivity contribution in [3.05, 3.63) is 0 Å². The molecule has 0 aromatic carbocycles. The van der Waals surface area contributed by atoms with Gasteiger partial charge in [-0.1, -0.05) is 212 Å². The minimum absolute atomic E-state index is 0.0237. The topological polar surface area (TPSA) is 481 Å². The fraction of sp³-hybridized carbons (Fsp3) is 0.781. The minimum Gasteiger partial charge on any atom is -0.480 e. The number of ketones is 5. The van der Waals surface area contributed by atoms with Crippen LogP contribution in [0, 0.1) is 35.5 Å². The van der Waals surface area contributed by atoms with E-state index in [1.807, 2.05) is 52.3 Å². The highest BCUT2D eigenvalue weighted by Crippen LogP contribution is 2.38. The van der Waals surface area contributed by atoms with Crippen molar-refractivity contribution in [2.45, 2.75) is 253 Å². The molecule has 2 rings (SSSR count). The first kappa shape index (κ1) is 113. The molecule has 13 N–H and O–H groups in total. The van der Waals surface area contributed by atoms with Gasteiger partial charge < -0.3 is 68.1 Å². The van der Waals surface area contributed by atoms with E-state index in [1.54, 1.807) is 82.7 Å². The van der Waals surface area contributed by atoms with E-state index in [1.165, 1.54) is 108 Å². The summed E-state index contributed by atoms with van der Waals surface area (Å²) in [5.41, 5.74) is 11.0. The number of carboxylic acids is 5. The maximum Gasteiger partial charge on any atom is 0.327 e. The number of nitrogens with one attached hydrogen (secondary N) is 4. The van der Waals surface area contributed by atoms with E-state index < -0.39 is 84.0 Å². The molecule has 12 unspecified atom stereocenters. The summed E-state index contributed by atoms with van der Waals surface area (Å²) in [4.78, 5) is 188. The number of hydrogen-bond acceptors (Lipinski definition) is 30. The van der Waals surface area contributed by atoms with Gasteiger partial charge in [-0.25, -0.2) is 19.2 Å². The fourth-order valence-electron chi connectivity index (χ4n) is 10.2. The first-order valence-corrected chi connectivity index (χ1v) is 52.6. The number of carboxylic acid groups (broad SMARTS) is 5. The van der Waals surface area contributed by atoms with Crippen molar-refractivity contribution in [2.24, 2.45) is 47.0 Å². The van der Waals surface area contributed by atoms with Gasteiger partial charge in [0.2, 0.25) is 35.4 Å². The lowest BCUT2D eigenvalue weighted by atomic mass is 10.0. The first-order chi connectivity index (χ1) is 53.4. The molecule has 2 fully saturated rings. The summed E-state index contributed by atoms with van der Waals surface area (Å²) >= 11 is 0. The molecule has 2 heterocycles. The quantitative estimate of drug-likeness (QED) is 0.0199. The van der Waals surface area contributed by atoms with Crippen molar-refractivity contribution in [3.63, 3.8) is 0 Å². The SMILES string of the molecule is CC(=O)C1CCCN1C(=O)C(C)CSSC(CCCCC(=O)C(C)C)CCSSCC(C)C(=O)N1CCCC1C(=O)O.CC(=O)NC(CSSCC(NC(C)=O)C(=O)C(C)C)C(=O)O.CC(=O)NC(CSSCCC(CCCCC(=O)C(C)C)SSCC(NC(C)=O)C(=O)O)C(=O)O.CC(C)C(=O)C(N)CSSCC(N)C(=O)O. The molecule has 0 saturated carbocycles. The Morgan fingerprint density at radius 2 is 0.693 bits per heavy atom. The van der Waals surface area contributed by atoms with E-state index in [2.05, 4.69) is 21.3 Å². The average molecular weight is 1840 g/mol. The molecule has 2 aliphatic rings. The van der Waals surface area contributed by atoms with E-state index in [9.17, 15) is 86.9 Å². The number of nitrogens with zero attached hydrogens (tertiary/aromatic N) is 2. The highest BCUT2D eigenvalue weighted by molar-refractivity contribution is 8.78. The number of hydrogen-bond donors (Lipinski definition) is 11. The summed E-state index contributed by atoms with van der Waals surface area (Å²) < 4.78 is 0. The summed E-state index contributed by atoms with van der Waals surface area (Å²) in [6, 6.07) is -5.77. The van der Waals surface area contributed by atoms with Gasteiger partial charge in [0.1, 0.15) is 41.8 Å². The Morgan fingerprint density at radius 1 is 0.368 bits per heavy atom. The maximum atomic E-state index is 13.0. The Labute approximate surface area is 721 Å². The van der Waals surface area contributed by atoms with Crippen molar-refractivity contribution < 1.29 is 102 Å². The van der Waals surface area contributed by atoms with Crippen molar-refractivity contribution >= 4 is 224 Å². The van der Waals surface area contributed by atoms with Crippen LogP contribution in [0.4, 0.5) is 0 Å². The van der Waals surface area contributed by atoms with Crippen LogP contribution in [0.2, 0.25) is 0 Å². The lowest BCUT2D eigenvalue weighted by Crippen LogP contribution is -2.43. The van der Waals surface area contributed by atoms with Gasteiger partial charge in [0, 0.05) is 157 Å². The second-order valence-corrected chi connectivity index (χ2v) is 44.3. The fourth-order valence-corrected chi connectivity index (χ4v) is 25.9. The lowest BCUT2D eigenvalue weighted by molar-refractivity contribution is -0.149. The number of unbranched alkanes of at least 4 members (excludes halogenated alkanes) is 2. The largest absolute Gasteiger partial charge is 0.480 e. The summed E-state index contributed by atoms with van der Waals surface area (Å²) in [6.45, 7) is 26.5. The number of carbonyl (C=O) groups excluding carboxylic acids is 11. The molecule has 2 saturated heterocycles. The Kier molecular flexibility index (Phi) is 64.7. The van der Waals surface area contributed by atoms with Gasteiger partial charge in [0.05, 0.1) is 18.1 Å². The van der Waals surface area contributed by atoms with Crippen LogP contribution in [0.15, 0.2) is 0 Å². The van der Waals surface area contributed by atoms with Gasteiger partial charge in [-0.3, -0.25) is 57.5 Å². The number of aliphatic carboxylic acids is 5. The van der Waals surface area contributed by atoms with Crippen LogP contribution in [-0.2, 0) is 76.7 Å². The molecule has 0 aromatic rings. The van der Waals surface area contributed by atoms with Crippen LogP contribution in [0.1, 0.15) is 194 Å². The molecule has 0 spiro atoms. The van der Waals surface area contributed by atoms with Crippen LogP contribution in [0.5, 0.6) is 0 Å². The Bertz CT molecular complexity index is 3010. The summed E-state index contributed by atoms with van der Waals surface area (Å²) in [7, 11) is 18.1. The molecule has 656 valence electrons. The third-order valence-corrected chi connectivity index (χ3v) is 32.9. The normalized spacial score (nSPS) is 16.5. The Hall–Kier alpha value is -3.36. The van der Waals surface area contributed by atoms with Crippen molar-refractivity contribution in [3.8, 4) is 0 Å². The number of amides is 6. The number of likely N-dealkylation sites (tertiary alicyclic amines) is 2. The van der Waals surface area contributed by atoms with Gasteiger partial charge in [-0.05, 0) is 71.1 Å². The molecule has 6 amide bonds. The third-order valence-electron chi connectivity index (χ3n) is 16.8. The zero-order valence-electron chi connectivity index (χ0n) is 68.3. The summed E-state index contributed by atoms with van der Waals surface area (Å²) in [5, 5.41) is 55.7. The highest BCUT2D eigenvalue weighted by atomic mass is 33.1. The Morgan fingerprint density at radius 3 is 1.05 bits per heavy atom. The predicted molar refractivity (Wildman–Crippen MR) is 476 cm³/mol. The maximum absolute atomic E-state index is 13.0. The molecule has 0 aliphatic carbocycles. The second-order valence-electron chi connectivity index (χ2n) is 28.5.